The summed E-state index contributed by atoms with van der Waals surface area (Å²) in [4.78, 5) is 4.43. The van der Waals surface area contributed by atoms with Crippen molar-refractivity contribution < 1.29 is 8.78 Å². The van der Waals surface area contributed by atoms with Crippen LogP contribution in [0.1, 0.15) is 25.3 Å². The van der Waals surface area contributed by atoms with Gasteiger partial charge in [-0.15, -0.1) is 0 Å². The second-order valence-electron chi connectivity index (χ2n) is 5.49. The van der Waals surface area contributed by atoms with E-state index in [0.29, 0.717) is 6.54 Å². The molecule has 1 aromatic carbocycles. The summed E-state index contributed by atoms with van der Waals surface area (Å²) in [6, 6.07) is 6.43. The van der Waals surface area contributed by atoms with Gasteiger partial charge in [0.2, 0.25) is 0 Å². The molecule has 0 N–H and O–H groups in total. The van der Waals surface area contributed by atoms with Gasteiger partial charge in [0.1, 0.15) is 0 Å². The van der Waals surface area contributed by atoms with Gasteiger partial charge in [-0.3, -0.25) is 9.80 Å². The van der Waals surface area contributed by atoms with Gasteiger partial charge in [0.25, 0.3) is 0 Å². The molecule has 0 spiro atoms. The molecule has 5 heteroatoms. The monoisotopic (exact) mass is 293 g/mol. The summed E-state index contributed by atoms with van der Waals surface area (Å²) in [7, 11) is 0. The number of piperazine rings is 1. The molecule has 1 atom stereocenters. The molecule has 1 unspecified atom stereocenters. The molecule has 0 amide bonds. The van der Waals surface area contributed by atoms with Crippen LogP contribution in [0.25, 0.3) is 0 Å². The van der Waals surface area contributed by atoms with E-state index in [4.69, 9.17) is 0 Å². The van der Waals surface area contributed by atoms with Gasteiger partial charge in [-0.25, -0.2) is 8.78 Å². The van der Waals surface area contributed by atoms with Crippen molar-refractivity contribution in [2.45, 2.75) is 32.4 Å². The molecule has 114 valence electrons. The van der Waals surface area contributed by atoms with Gasteiger partial charge in [0, 0.05) is 32.7 Å². The Morgan fingerprint density at radius 3 is 2.48 bits per heavy atom. The Labute approximate surface area is 124 Å². The third-order valence-corrected chi connectivity index (χ3v) is 3.95. The number of nitrogens with zero attached hydrogens (tertiary/aromatic N) is 3. The summed E-state index contributed by atoms with van der Waals surface area (Å²) in [6.07, 6.45) is 1.91. The van der Waals surface area contributed by atoms with Gasteiger partial charge in [0.15, 0.2) is 11.6 Å². The molecular formula is C16H21F2N3. The molecule has 1 aliphatic heterocycles. The second-order valence-corrected chi connectivity index (χ2v) is 5.49. The summed E-state index contributed by atoms with van der Waals surface area (Å²) in [5.41, 5.74) is 0.785. The van der Waals surface area contributed by atoms with Gasteiger partial charge in [0.05, 0.1) is 12.1 Å². The lowest BCUT2D eigenvalue weighted by Crippen LogP contribution is -2.49. The quantitative estimate of drug-likeness (QED) is 0.836. The highest BCUT2D eigenvalue weighted by atomic mass is 19.2. The Bertz CT molecular complexity index is 505. The van der Waals surface area contributed by atoms with E-state index in [1.54, 1.807) is 6.07 Å². The highest BCUT2D eigenvalue weighted by molar-refractivity contribution is 5.17. The summed E-state index contributed by atoms with van der Waals surface area (Å²) >= 11 is 0. The maximum Gasteiger partial charge on any atom is 0.159 e. The van der Waals surface area contributed by atoms with E-state index in [1.165, 1.54) is 12.1 Å². The molecule has 1 aromatic rings. The van der Waals surface area contributed by atoms with E-state index in [0.717, 1.165) is 44.6 Å². The minimum Gasteiger partial charge on any atom is -0.297 e. The Hall–Kier alpha value is -1.51. The minimum atomic E-state index is -0.806. The number of nitriles is 1. The largest absolute Gasteiger partial charge is 0.297 e. The van der Waals surface area contributed by atoms with Crippen molar-refractivity contribution in [3.63, 3.8) is 0 Å². The van der Waals surface area contributed by atoms with Gasteiger partial charge in [-0.1, -0.05) is 19.4 Å². The van der Waals surface area contributed by atoms with E-state index in [1.807, 2.05) is 0 Å². The fourth-order valence-corrected chi connectivity index (χ4v) is 2.73. The predicted molar refractivity (Wildman–Crippen MR) is 77.5 cm³/mol. The van der Waals surface area contributed by atoms with Crippen LogP contribution in [0.4, 0.5) is 8.78 Å². The lowest BCUT2D eigenvalue weighted by atomic mass is 10.1. The molecule has 0 aromatic heterocycles. The molecule has 0 radical (unpaired) electrons. The molecule has 3 nitrogen and oxygen atoms in total. The third kappa shape index (κ3) is 4.23. The van der Waals surface area contributed by atoms with Crippen molar-refractivity contribution in [2.24, 2.45) is 0 Å². The van der Waals surface area contributed by atoms with Gasteiger partial charge >= 0.3 is 0 Å². The maximum atomic E-state index is 13.2. The molecule has 0 bridgehead atoms. The highest BCUT2D eigenvalue weighted by Crippen LogP contribution is 2.14. The first-order valence-corrected chi connectivity index (χ1v) is 7.44. The fraction of sp³-hybridized carbons (Fsp3) is 0.562. The molecule has 2 rings (SSSR count). The number of hydrogen-bond donors (Lipinski definition) is 0. The van der Waals surface area contributed by atoms with Gasteiger partial charge < -0.3 is 0 Å². The van der Waals surface area contributed by atoms with Crippen molar-refractivity contribution in [1.82, 2.24) is 9.80 Å². The van der Waals surface area contributed by atoms with Crippen molar-refractivity contribution >= 4 is 0 Å². The van der Waals surface area contributed by atoms with Crippen molar-refractivity contribution in [1.29, 1.82) is 5.26 Å². The van der Waals surface area contributed by atoms with Crippen molar-refractivity contribution in [3.8, 4) is 6.07 Å². The Kier molecular flexibility index (Phi) is 5.66. The molecule has 0 aliphatic carbocycles. The first kappa shape index (κ1) is 15.9. The van der Waals surface area contributed by atoms with Crippen LogP contribution in [0.15, 0.2) is 18.2 Å². The standard InChI is InChI=1S/C16H21F2N3/c1-2-3-14(11-19)21-8-6-20(7-9-21)12-13-4-5-15(17)16(18)10-13/h4-5,10,14H,2-3,6-9,12H2,1H3. The molecular weight excluding hydrogens is 272 g/mol. The number of halogens is 2. The van der Waals surface area contributed by atoms with Crippen molar-refractivity contribution in [3.05, 3.63) is 35.4 Å². The Morgan fingerprint density at radius 1 is 1.19 bits per heavy atom. The van der Waals surface area contributed by atoms with E-state index in [9.17, 15) is 14.0 Å². The van der Waals surface area contributed by atoms with Gasteiger partial charge in [-0.05, 0) is 24.1 Å². The topological polar surface area (TPSA) is 30.3 Å². The number of hydrogen-bond acceptors (Lipinski definition) is 3. The fourth-order valence-electron chi connectivity index (χ4n) is 2.73. The van der Waals surface area contributed by atoms with Crippen molar-refractivity contribution in [2.75, 3.05) is 26.2 Å². The average molecular weight is 293 g/mol. The zero-order chi connectivity index (χ0) is 15.2. The highest BCUT2D eigenvalue weighted by Gasteiger charge is 2.23. The number of benzene rings is 1. The normalized spacial score (nSPS) is 18.4. The first-order chi connectivity index (χ1) is 10.1. The third-order valence-electron chi connectivity index (χ3n) is 3.95. The molecule has 1 heterocycles. The summed E-state index contributed by atoms with van der Waals surface area (Å²) in [5.74, 6) is -1.60. The zero-order valence-corrected chi connectivity index (χ0v) is 12.4. The molecule has 1 aliphatic rings. The van der Waals surface area contributed by atoms with E-state index >= 15 is 0 Å². The first-order valence-electron chi connectivity index (χ1n) is 7.44. The Balaban J connectivity index is 1.86. The lowest BCUT2D eigenvalue weighted by molar-refractivity contribution is 0.106. The van der Waals surface area contributed by atoms with Crippen LogP contribution in [0, 0.1) is 23.0 Å². The minimum absolute atomic E-state index is 0.000385. The molecule has 21 heavy (non-hydrogen) atoms. The van der Waals surface area contributed by atoms with Crippen LogP contribution in [0.3, 0.4) is 0 Å². The summed E-state index contributed by atoms with van der Waals surface area (Å²) in [5, 5.41) is 9.18. The second kappa shape index (κ2) is 7.48. The smallest absolute Gasteiger partial charge is 0.159 e. The van der Waals surface area contributed by atoms with Crippen LogP contribution in [-0.4, -0.2) is 42.0 Å². The van der Waals surface area contributed by atoms with E-state index < -0.39 is 11.6 Å². The zero-order valence-electron chi connectivity index (χ0n) is 12.4. The molecule has 0 saturated carbocycles. The van der Waals surface area contributed by atoms with E-state index in [2.05, 4.69) is 22.8 Å². The van der Waals surface area contributed by atoms with E-state index in [-0.39, 0.29) is 6.04 Å². The average Bonchev–Trinajstić information content (AvgIpc) is 2.49. The Morgan fingerprint density at radius 2 is 1.90 bits per heavy atom. The molecule has 1 fully saturated rings. The van der Waals surface area contributed by atoms with Crippen LogP contribution in [0.2, 0.25) is 0 Å². The maximum absolute atomic E-state index is 13.2. The van der Waals surface area contributed by atoms with Gasteiger partial charge in [-0.2, -0.15) is 5.26 Å². The predicted octanol–water partition coefficient (Wildman–Crippen LogP) is 2.77. The van der Waals surface area contributed by atoms with Crippen LogP contribution in [-0.2, 0) is 6.54 Å². The van der Waals surface area contributed by atoms with Crippen LogP contribution < -0.4 is 0 Å². The number of rotatable bonds is 5. The summed E-state index contributed by atoms with van der Waals surface area (Å²) < 4.78 is 26.1. The molecule has 1 saturated heterocycles. The summed E-state index contributed by atoms with van der Waals surface area (Å²) in [6.45, 7) is 6.10. The SMILES string of the molecule is CCCC(C#N)N1CCN(Cc2ccc(F)c(F)c2)CC1. The van der Waals surface area contributed by atoms with Crippen LogP contribution >= 0.6 is 0 Å². The van der Waals surface area contributed by atoms with Crippen LogP contribution in [0.5, 0.6) is 0 Å². The lowest BCUT2D eigenvalue weighted by Gasteiger charge is -2.36.